The summed E-state index contributed by atoms with van der Waals surface area (Å²) in [6, 6.07) is 22.9. The second-order valence-electron chi connectivity index (χ2n) is 12.5. The third-order valence-electron chi connectivity index (χ3n) is 8.92. The Bertz CT molecular complexity index is 2510. The number of ether oxygens (including phenoxy) is 5. The Morgan fingerprint density at radius 2 is 1.62 bits per heavy atom. The molecule has 16 heteroatoms. The van der Waals surface area contributed by atoms with Crippen LogP contribution in [0.2, 0.25) is 0 Å². The number of esters is 3. The summed E-state index contributed by atoms with van der Waals surface area (Å²) in [4.78, 5) is 90.1. The van der Waals surface area contributed by atoms with Gasteiger partial charge in [0.1, 0.15) is 24.7 Å². The molecular weight excluding hydrogens is 721 g/mol. The van der Waals surface area contributed by atoms with Crippen molar-refractivity contribution in [1.82, 2.24) is 13.7 Å². The van der Waals surface area contributed by atoms with Gasteiger partial charge in [0, 0.05) is 36.7 Å². The molecule has 1 fully saturated rings. The Hall–Kier alpha value is -6.78. The Morgan fingerprint density at radius 1 is 0.873 bits per heavy atom. The van der Waals surface area contributed by atoms with Crippen LogP contribution < -0.4 is 21.5 Å². The van der Waals surface area contributed by atoms with E-state index in [0.717, 1.165) is 26.8 Å². The van der Waals surface area contributed by atoms with Crippen LogP contribution in [0.4, 0.5) is 4.39 Å². The van der Waals surface area contributed by atoms with Crippen LogP contribution >= 0.6 is 0 Å². The maximum atomic E-state index is 15.1. The van der Waals surface area contributed by atoms with Crippen LogP contribution in [0.25, 0.3) is 0 Å². The van der Waals surface area contributed by atoms with E-state index in [2.05, 4.69) is 0 Å². The fraction of sp³-hybridized carbons (Fsp3) is 0.205. The molecule has 7 rings (SSSR count). The van der Waals surface area contributed by atoms with Crippen LogP contribution in [0, 0.1) is 5.82 Å². The molecule has 0 spiro atoms. The zero-order valence-corrected chi connectivity index (χ0v) is 28.9. The highest BCUT2D eigenvalue weighted by Crippen LogP contribution is 2.32. The van der Waals surface area contributed by atoms with Crippen molar-refractivity contribution in [3.63, 3.8) is 0 Å². The molecule has 15 nitrogen and oxygen atoms in total. The number of halogens is 1. The van der Waals surface area contributed by atoms with Gasteiger partial charge in [-0.15, -0.1) is 0 Å². The van der Waals surface area contributed by atoms with Gasteiger partial charge in [0.2, 0.25) is 12.0 Å². The average molecular weight is 752 g/mol. The second kappa shape index (κ2) is 15.3. The van der Waals surface area contributed by atoms with E-state index < -0.39 is 71.1 Å². The quantitative estimate of drug-likeness (QED) is 0.190. The zero-order chi connectivity index (χ0) is 38.8. The summed E-state index contributed by atoms with van der Waals surface area (Å²) in [7, 11) is 0. The number of cyclic esters (lactones) is 1. The van der Waals surface area contributed by atoms with E-state index >= 15 is 4.39 Å². The SMILES string of the molecule is CC(=O)OC[C@H]1O[C@@H](n2cc(F)c(=O)n(C(=O)c3cccc(C(=O)Oc4ccn(C5OC(=O)c6ccccc65)c(=O)c4)c3)c2=O)C[C@@H]1OCc1ccccc1. The van der Waals surface area contributed by atoms with Gasteiger partial charge in [-0.05, 0) is 35.9 Å². The lowest BCUT2D eigenvalue weighted by molar-refractivity contribution is -0.148. The third kappa shape index (κ3) is 7.53. The minimum atomic E-state index is -1.54. The number of hydrogen-bond acceptors (Lipinski definition) is 12. The van der Waals surface area contributed by atoms with Gasteiger partial charge in [-0.1, -0.05) is 54.6 Å². The summed E-state index contributed by atoms with van der Waals surface area (Å²) >= 11 is 0. The number of pyridine rings is 1. The number of hydrogen-bond donors (Lipinski definition) is 0. The molecule has 0 amide bonds. The third-order valence-corrected chi connectivity index (χ3v) is 8.92. The summed E-state index contributed by atoms with van der Waals surface area (Å²) < 4.78 is 44.9. The second-order valence-corrected chi connectivity index (χ2v) is 12.5. The molecule has 4 heterocycles. The number of carbonyl (C=O) groups is 4. The standard InChI is InChI=1S/C39H30FN3O12/c1-22(44)51-21-31-30(52-20-23-8-3-2-4-9-23)18-33(54-31)42-19-29(40)35(47)43(39(42)50)34(46)24-10-7-11-25(16-24)37(48)53-26-14-15-41(32(45)17-26)36-27-12-5-6-13-28(27)38(49)55-36/h2-17,19,30-31,33,36H,18,20-21H2,1H3/t30-,31+,33+,36?/m0/s1. The maximum Gasteiger partial charge on any atom is 0.343 e. The van der Waals surface area contributed by atoms with Crippen LogP contribution in [-0.2, 0) is 30.3 Å². The number of carbonyl (C=O) groups excluding carboxylic acids is 4. The van der Waals surface area contributed by atoms with Gasteiger partial charge in [-0.3, -0.25) is 28.3 Å². The number of nitrogens with zero attached hydrogens (tertiary/aromatic N) is 3. The van der Waals surface area contributed by atoms with E-state index in [1.807, 2.05) is 30.3 Å². The van der Waals surface area contributed by atoms with Crippen molar-refractivity contribution in [3.05, 3.63) is 168 Å². The molecule has 1 saturated heterocycles. The van der Waals surface area contributed by atoms with E-state index in [0.29, 0.717) is 17.3 Å². The predicted octanol–water partition coefficient (Wildman–Crippen LogP) is 3.37. The van der Waals surface area contributed by atoms with Crippen molar-refractivity contribution in [2.24, 2.45) is 0 Å². The van der Waals surface area contributed by atoms with Crippen molar-refractivity contribution < 1.29 is 47.3 Å². The molecule has 0 saturated carbocycles. The predicted molar refractivity (Wildman–Crippen MR) is 187 cm³/mol. The molecule has 1 unspecified atom stereocenters. The largest absolute Gasteiger partial charge is 0.463 e. The first-order valence-corrected chi connectivity index (χ1v) is 16.9. The van der Waals surface area contributed by atoms with Crippen LogP contribution in [0.15, 0.2) is 118 Å². The minimum Gasteiger partial charge on any atom is -0.463 e. The van der Waals surface area contributed by atoms with Crippen molar-refractivity contribution in [3.8, 4) is 5.75 Å². The molecule has 3 aromatic carbocycles. The van der Waals surface area contributed by atoms with Gasteiger partial charge in [0.25, 0.3) is 17.0 Å². The van der Waals surface area contributed by atoms with Crippen molar-refractivity contribution >= 4 is 23.8 Å². The van der Waals surface area contributed by atoms with Crippen LogP contribution in [0.5, 0.6) is 5.75 Å². The molecule has 2 aromatic heterocycles. The lowest BCUT2D eigenvalue weighted by Crippen LogP contribution is -2.46. The van der Waals surface area contributed by atoms with E-state index in [4.69, 9.17) is 23.7 Å². The van der Waals surface area contributed by atoms with Gasteiger partial charge in [-0.2, -0.15) is 8.96 Å². The molecular formula is C39H30FN3O12. The summed E-state index contributed by atoms with van der Waals surface area (Å²) in [5.41, 5.74) is -2.33. The topological polar surface area (TPSA) is 180 Å². The molecule has 4 atom stereocenters. The van der Waals surface area contributed by atoms with Gasteiger partial charge in [0.15, 0.2) is 0 Å². The fourth-order valence-electron chi connectivity index (χ4n) is 6.24. The maximum absolute atomic E-state index is 15.1. The van der Waals surface area contributed by atoms with Gasteiger partial charge < -0.3 is 23.7 Å². The summed E-state index contributed by atoms with van der Waals surface area (Å²) in [6.07, 6.45) is -1.98. The highest BCUT2D eigenvalue weighted by molar-refractivity contribution is 5.99. The molecule has 0 bridgehead atoms. The molecule has 5 aromatic rings. The summed E-state index contributed by atoms with van der Waals surface area (Å²) in [5, 5.41) is 0. The van der Waals surface area contributed by atoms with E-state index in [9.17, 15) is 33.6 Å². The molecule has 55 heavy (non-hydrogen) atoms. The van der Waals surface area contributed by atoms with Crippen LogP contribution in [0.3, 0.4) is 0 Å². The summed E-state index contributed by atoms with van der Waals surface area (Å²) in [6.45, 7) is 1.11. The first kappa shape index (κ1) is 36.6. The molecule has 2 aliphatic rings. The monoisotopic (exact) mass is 751 g/mol. The lowest BCUT2D eigenvalue weighted by Gasteiger charge is -2.18. The number of benzene rings is 3. The molecule has 0 aliphatic carbocycles. The highest BCUT2D eigenvalue weighted by Gasteiger charge is 2.39. The number of aromatic nitrogens is 3. The highest BCUT2D eigenvalue weighted by atomic mass is 19.1. The van der Waals surface area contributed by atoms with Crippen LogP contribution in [-0.4, -0.2) is 56.3 Å². The van der Waals surface area contributed by atoms with Crippen LogP contribution in [0.1, 0.15) is 68.0 Å². The van der Waals surface area contributed by atoms with Crippen molar-refractivity contribution in [2.45, 2.75) is 44.6 Å². The Morgan fingerprint density at radius 3 is 2.38 bits per heavy atom. The average Bonchev–Trinajstić information content (AvgIpc) is 3.75. The minimum absolute atomic E-state index is 0.0323. The van der Waals surface area contributed by atoms with Gasteiger partial charge >= 0.3 is 23.6 Å². The van der Waals surface area contributed by atoms with Gasteiger partial charge in [-0.25, -0.2) is 14.4 Å². The number of rotatable bonds is 10. The molecule has 2 aliphatic heterocycles. The normalized spacial score (nSPS) is 18.7. The van der Waals surface area contributed by atoms with E-state index in [1.54, 1.807) is 24.3 Å². The smallest absolute Gasteiger partial charge is 0.343 e. The Kier molecular flexibility index (Phi) is 10.2. The Balaban J connectivity index is 1.10. The molecule has 0 N–H and O–H groups in total. The summed E-state index contributed by atoms with van der Waals surface area (Å²) in [5.74, 6) is -5.05. The zero-order valence-electron chi connectivity index (χ0n) is 28.9. The van der Waals surface area contributed by atoms with Gasteiger partial charge in [0.05, 0.1) is 30.0 Å². The molecule has 0 radical (unpaired) electrons. The fourth-order valence-corrected chi connectivity index (χ4v) is 6.24. The Labute approximate surface area is 309 Å². The lowest BCUT2D eigenvalue weighted by atomic mass is 10.1. The first-order chi connectivity index (χ1) is 26.5. The van der Waals surface area contributed by atoms with E-state index in [1.165, 1.54) is 37.4 Å². The van der Waals surface area contributed by atoms with Crippen molar-refractivity contribution in [2.75, 3.05) is 6.61 Å². The van der Waals surface area contributed by atoms with E-state index in [-0.39, 0.29) is 41.1 Å². The molecule has 280 valence electrons. The number of fused-ring (bicyclic) bond motifs is 1. The van der Waals surface area contributed by atoms with Crippen molar-refractivity contribution in [1.29, 1.82) is 0 Å². The first-order valence-electron chi connectivity index (χ1n) is 16.9.